The van der Waals surface area contributed by atoms with Crippen LogP contribution >= 0.6 is 11.6 Å². The van der Waals surface area contributed by atoms with Crippen molar-refractivity contribution in [3.63, 3.8) is 0 Å². The summed E-state index contributed by atoms with van der Waals surface area (Å²) < 4.78 is 10.5. The Morgan fingerprint density at radius 1 is 0.895 bits per heavy atom. The van der Waals surface area contributed by atoms with Crippen LogP contribution in [0.1, 0.15) is 64.7 Å². The molecule has 0 aliphatic heterocycles. The molecule has 0 fully saturated rings. The molecule has 0 spiro atoms. The van der Waals surface area contributed by atoms with Gasteiger partial charge >= 0.3 is 5.97 Å². The fraction of sp³-hybridized carbons (Fsp3) is 0.933. The summed E-state index contributed by atoms with van der Waals surface area (Å²) in [5.41, 5.74) is 0. The molecule has 0 radical (unpaired) electrons. The van der Waals surface area contributed by atoms with Gasteiger partial charge in [0.1, 0.15) is 6.61 Å². The molecular formula is C15H29ClO3. The maximum atomic E-state index is 11.3. The van der Waals surface area contributed by atoms with E-state index in [0.717, 1.165) is 44.6 Å². The van der Waals surface area contributed by atoms with E-state index < -0.39 is 0 Å². The van der Waals surface area contributed by atoms with Crippen molar-refractivity contribution in [1.29, 1.82) is 0 Å². The van der Waals surface area contributed by atoms with Gasteiger partial charge in [-0.2, -0.15) is 0 Å². The van der Waals surface area contributed by atoms with Gasteiger partial charge in [-0.15, -0.1) is 11.6 Å². The SMILES string of the molecule is CCCCCCC(=O)OCCOCCCCCCCl. The molecular weight excluding hydrogens is 264 g/mol. The summed E-state index contributed by atoms with van der Waals surface area (Å²) in [5, 5.41) is 0. The summed E-state index contributed by atoms with van der Waals surface area (Å²) in [4.78, 5) is 11.3. The summed E-state index contributed by atoms with van der Waals surface area (Å²) in [6.45, 7) is 3.80. The van der Waals surface area contributed by atoms with Crippen molar-refractivity contribution in [2.24, 2.45) is 0 Å². The Labute approximate surface area is 123 Å². The maximum absolute atomic E-state index is 11.3. The highest BCUT2D eigenvalue weighted by Crippen LogP contribution is 2.03. The normalized spacial score (nSPS) is 10.6. The van der Waals surface area contributed by atoms with Crippen LogP contribution in [0.5, 0.6) is 0 Å². The summed E-state index contributed by atoms with van der Waals surface area (Å²) in [5.74, 6) is 0.650. The number of hydrogen-bond acceptors (Lipinski definition) is 3. The van der Waals surface area contributed by atoms with E-state index in [1.807, 2.05) is 0 Å². The van der Waals surface area contributed by atoms with Gasteiger partial charge in [-0.1, -0.05) is 39.0 Å². The fourth-order valence-electron chi connectivity index (χ4n) is 1.74. The zero-order chi connectivity index (χ0) is 14.2. The second-order valence-corrected chi connectivity index (χ2v) is 5.12. The molecule has 0 unspecified atom stereocenters. The van der Waals surface area contributed by atoms with E-state index >= 15 is 0 Å². The minimum Gasteiger partial charge on any atom is -0.463 e. The van der Waals surface area contributed by atoms with Crippen LogP contribution in [0, 0.1) is 0 Å². The van der Waals surface area contributed by atoms with Gasteiger partial charge in [-0.05, 0) is 19.3 Å². The molecule has 0 N–H and O–H groups in total. The largest absolute Gasteiger partial charge is 0.463 e. The smallest absolute Gasteiger partial charge is 0.305 e. The Kier molecular flexibility index (Phi) is 15.5. The van der Waals surface area contributed by atoms with Gasteiger partial charge in [-0.25, -0.2) is 0 Å². The highest BCUT2D eigenvalue weighted by molar-refractivity contribution is 6.17. The van der Waals surface area contributed by atoms with Crippen molar-refractivity contribution in [1.82, 2.24) is 0 Å². The molecule has 0 amide bonds. The average molecular weight is 293 g/mol. The molecule has 4 heteroatoms. The van der Waals surface area contributed by atoms with Gasteiger partial charge in [0.25, 0.3) is 0 Å². The highest BCUT2D eigenvalue weighted by Gasteiger charge is 2.01. The van der Waals surface area contributed by atoms with Crippen molar-refractivity contribution in [3.05, 3.63) is 0 Å². The van der Waals surface area contributed by atoms with Crippen LogP contribution in [-0.2, 0) is 14.3 Å². The predicted octanol–water partition coefficient (Wildman–Crippen LogP) is 4.32. The average Bonchev–Trinajstić information content (AvgIpc) is 2.42. The van der Waals surface area contributed by atoms with Crippen molar-refractivity contribution < 1.29 is 14.3 Å². The molecule has 0 atom stereocenters. The Morgan fingerprint density at radius 3 is 2.37 bits per heavy atom. The Bertz CT molecular complexity index is 198. The molecule has 0 aromatic heterocycles. The molecule has 0 bridgehead atoms. The number of alkyl halides is 1. The van der Waals surface area contributed by atoms with Gasteiger partial charge in [0, 0.05) is 18.9 Å². The third-order valence-electron chi connectivity index (χ3n) is 2.90. The van der Waals surface area contributed by atoms with Gasteiger partial charge in [0.2, 0.25) is 0 Å². The van der Waals surface area contributed by atoms with E-state index in [0.29, 0.717) is 19.6 Å². The van der Waals surface area contributed by atoms with Crippen LogP contribution in [0.2, 0.25) is 0 Å². The van der Waals surface area contributed by atoms with E-state index in [4.69, 9.17) is 21.1 Å². The second kappa shape index (κ2) is 15.8. The van der Waals surface area contributed by atoms with E-state index in [1.54, 1.807) is 0 Å². The molecule has 0 heterocycles. The van der Waals surface area contributed by atoms with Gasteiger partial charge in [-0.3, -0.25) is 4.79 Å². The maximum Gasteiger partial charge on any atom is 0.305 e. The molecule has 0 saturated heterocycles. The number of rotatable bonds is 14. The first kappa shape index (κ1) is 18.7. The summed E-state index contributed by atoms with van der Waals surface area (Å²) in [7, 11) is 0. The predicted molar refractivity (Wildman–Crippen MR) is 79.7 cm³/mol. The van der Waals surface area contributed by atoms with Crippen LogP contribution in [0.4, 0.5) is 0 Å². The Hall–Kier alpha value is -0.280. The minimum atomic E-state index is -0.0955. The summed E-state index contributed by atoms with van der Waals surface area (Å²) in [6, 6.07) is 0. The third-order valence-corrected chi connectivity index (χ3v) is 3.16. The molecule has 114 valence electrons. The molecule has 0 aliphatic carbocycles. The number of ether oxygens (including phenoxy) is 2. The van der Waals surface area contributed by atoms with Gasteiger partial charge < -0.3 is 9.47 Å². The highest BCUT2D eigenvalue weighted by atomic mass is 35.5. The molecule has 3 nitrogen and oxygen atoms in total. The summed E-state index contributed by atoms with van der Waals surface area (Å²) >= 11 is 5.59. The van der Waals surface area contributed by atoms with E-state index in [1.165, 1.54) is 19.3 Å². The molecule has 0 rings (SSSR count). The second-order valence-electron chi connectivity index (χ2n) is 4.75. The quantitative estimate of drug-likeness (QED) is 0.272. The first-order valence-corrected chi connectivity index (χ1v) is 8.14. The number of carbonyl (C=O) groups excluding carboxylic acids is 1. The lowest BCUT2D eigenvalue weighted by Crippen LogP contribution is -2.10. The van der Waals surface area contributed by atoms with Crippen LogP contribution in [0.3, 0.4) is 0 Å². The van der Waals surface area contributed by atoms with Crippen molar-refractivity contribution >= 4 is 17.6 Å². The lowest BCUT2D eigenvalue weighted by molar-refractivity contribution is -0.145. The first-order chi connectivity index (χ1) is 9.31. The molecule has 0 aliphatic rings. The molecule has 0 saturated carbocycles. The Morgan fingerprint density at radius 2 is 1.63 bits per heavy atom. The third kappa shape index (κ3) is 15.7. The van der Waals surface area contributed by atoms with Crippen molar-refractivity contribution in [2.45, 2.75) is 64.7 Å². The van der Waals surface area contributed by atoms with E-state index in [-0.39, 0.29) is 5.97 Å². The monoisotopic (exact) mass is 292 g/mol. The Balaban J connectivity index is 3.10. The van der Waals surface area contributed by atoms with Crippen LogP contribution in [0.15, 0.2) is 0 Å². The number of hydrogen-bond donors (Lipinski definition) is 0. The van der Waals surface area contributed by atoms with E-state index in [2.05, 4.69) is 6.92 Å². The van der Waals surface area contributed by atoms with E-state index in [9.17, 15) is 4.79 Å². The lowest BCUT2D eigenvalue weighted by atomic mass is 10.2. The number of unbranched alkanes of at least 4 members (excludes halogenated alkanes) is 6. The number of carbonyl (C=O) groups is 1. The van der Waals surface area contributed by atoms with Gasteiger partial charge in [0.05, 0.1) is 6.61 Å². The number of halogens is 1. The minimum absolute atomic E-state index is 0.0955. The standard InChI is InChI=1S/C15H29ClO3/c1-2-3-4-7-10-15(17)19-14-13-18-12-9-6-5-8-11-16/h2-14H2,1H3. The van der Waals surface area contributed by atoms with Gasteiger partial charge in [0.15, 0.2) is 0 Å². The molecule has 0 aromatic rings. The van der Waals surface area contributed by atoms with Crippen molar-refractivity contribution in [3.8, 4) is 0 Å². The van der Waals surface area contributed by atoms with Crippen LogP contribution < -0.4 is 0 Å². The zero-order valence-corrected chi connectivity index (χ0v) is 13.1. The number of esters is 1. The van der Waals surface area contributed by atoms with Crippen molar-refractivity contribution in [2.75, 3.05) is 25.7 Å². The fourth-order valence-corrected chi connectivity index (χ4v) is 1.93. The molecule has 19 heavy (non-hydrogen) atoms. The van der Waals surface area contributed by atoms with Crippen LogP contribution in [0.25, 0.3) is 0 Å². The lowest BCUT2D eigenvalue weighted by Gasteiger charge is -2.06. The zero-order valence-electron chi connectivity index (χ0n) is 12.3. The van der Waals surface area contributed by atoms with Crippen LogP contribution in [-0.4, -0.2) is 31.7 Å². The topological polar surface area (TPSA) is 35.5 Å². The molecule has 0 aromatic carbocycles. The summed E-state index contributed by atoms with van der Waals surface area (Å²) in [6.07, 6.45) is 9.44. The first-order valence-electron chi connectivity index (χ1n) is 7.60.